The van der Waals surface area contributed by atoms with E-state index in [0.29, 0.717) is 23.6 Å². The second-order valence-electron chi connectivity index (χ2n) is 7.00. The fraction of sp³-hybridized carbons (Fsp3) is 0.556. The molecule has 0 radical (unpaired) electrons. The van der Waals surface area contributed by atoms with Crippen LogP contribution >= 0.6 is 12.2 Å². The summed E-state index contributed by atoms with van der Waals surface area (Å²) in [5, 5.41) is 4.69. The van der Waals surface area contributed by atoms with Crippen LogP contribution in [0.4, 0.5) is 0 Å². The van der Waals surface area contributed by atoms with Crippen molar-refractivity contribution in [2.24, 2.45) is 13.0 Å². The molecule has 0 saturated carbocycles. The maximum Gasteiger partial charge on any atom is 0.198 e. The first kappa shape index (κ1) is 19.3. The molecule has 6 nitrogen and oxygen atoms in total. The lowest BCUT2D eigenvalue weighted by atomic mass is 10.1. The molecule has 3 rings (SSSR count). The lowest BCUT2D eigenvalue weighted by Crippen LogP contribution is -2.26. The highest BCUT2D eigenvalue weighted by molar-refractivity contribution is 7.91. The number of benzene rings is 1. The third-order valence-corrected chi connectivity index (χ3v) is 7.28. The molecule has 1 aromatic heterocycles. The molecule has 2 heterocycles. The van der Waals surface area contributed by atoms with Gasteiger partial charge in [0, 0.05) is 20.0 Å². The first-order chi connectivity index (χ1) is 12.4. The highest BCUT2D eigenvalue weighted by Crippen LogP contribution is 2.22. The maximum absolute atomic E-state index is 11.7. The minimum atomic E-state index is -2.87. The van der Waals surface area contributed by atoms with E-state index in [2.05, 4.69) is 29.1 Å². The van der Waals surface area contributed by atoms with Gasteiger partial charge in [-0.2, -0.15) is 5.10 Å². The first-order valence-electron chi connectivity index (χ1n) is 8.97. The van der Waals surface area contributed by atoms with Crippen molar-refractivity contribution < 1.29 is 8.42 Å². The second kappa shape index (κ2) is 8.02. The van der Waals surface area contributed by atoms with E-state index in [-0.39, 0.29) is 11.7 Å². The minimum absolute atomic E-state index is 0.149. The summed E-state index contributed by atoms with van der Waals surface area (Å²) in [6.45, 7) is 4.48. The summed E-state index contributed by atoms with van der Waals surface area (Å²) in [6.07, 6.45) is 1.38. The van der Waals surface area contributed by atoms with Crippen LogP contribution in [0.1, 0.15) is 24.7 Å². The number of rotatable bonds is 7. The standard InChI is InChI=1S/C18H26N4O2S2/c1-3-21(12-15-7-5-4-6-8-15)14-22-18(25)20(2)17(19-22)11-16-9-10-26(23,24)13-16/h4-8,16H,3,9-14H2,1-2H3/t16-/m1/s1. The Hall–Kier alpha value is -1.51. The average Bonchev–Trinajstić information content (AvgIpc) is 3.09. The molecule has 0 unspecified atom stereocenters. The molecule has 142 valence electrons. The van der Waals surface area contributed by atoms with Gasteiger partial charge in [-0.25, -0.2) is 13.1 Å². The molecule has 1 aliphatic rings. The van der Waals surface area contributed by atoms with Gasteiger partial charge in [0.2, 0.25) is 0 Å². The summed E-state index contributed by atoms with van der Waals surface area (Å²) in [4.78, 5) is 2.28. The van der Waals surface area contributed by atoms with Crippen molar-refractivity contribution in [2.75, 3.05) is 18.1 Å². The number of hydrogen-bond donors (Lipinski definition) is 0. The molecule has 1 fully saturated rings. The monoisotopic (exact) mass is 394 g/mol. The van der Waals surface area contributed by atoms with Crippen molar-refractivity contribution in [1.29, 1.82) is 0 Å². The Kier molecular flexibility index (Phi) is 5.94. The number of nitrogens with zero attached hydrogens (tertiary/aromatic N) is 4. The van der Waals surface area contributed by atoms with Gasteiger partial charge in [0.05, 0.1) is 18.2 Å². The van der Waals surface area contributed by atoms with Gasteiger partial charge in [-0.1, -0.05) is 37.3 Å². The van der Waals surface area contributed by atoms with E-state index in [0.717, 1.165) is 25.3 Å². The molecule has 0 bridgehead atoms. The summed E-state index contributed by atoms with van der Waals surface area (Å²) in [7, 11) is -0.953. The fourth-order valence-electron chi connectivity index (χ4n) is 3.39. The summed E-state index contributed by atoms with van der Waals surface area (Å²) < 4.78 is 27.8. The smallest absolute Gasteiger partial charge is 0.198 e. The van der Waals surface area contributed by atoms with Gasteiger partial charge in [0.15, 0.2) is 14.6 Å². The Balaban J connectivity index is 1.71. The number of sulfone groups is 1. The quantitative estimate of drug-likeness (QED) is 0.675. The van der Waals surface area contributed by atoms with Crippen LogP contribution in [0.2, 0.25) is 0 Å². The van der Waals surface area contributed by atoms with E-state index >= 15 is 0 Å². The molecule has 1 atom stereocenters. The van der Waals surface area contributed by atoms with Crippen LogP contribution in [-0.2, 0) is 36.5 Å². The molecule has 26 heavy (non-hydrogen) atoms. The molecular formula is C18H26N4O2S2. The fourth-order valence-corrected chi connectivity index (χ4v) is 5.45. The Morgan fingerprint density at radius 1 is 1.31 bits per heavy atom. The number of aromatic nitrogens is 3. The van der Waals surface area contributed by atoms with Crippen molar-refractivity contribution in [2.45, 2.75) is 33.0 Å². The van der Waals surface area contributed by atoms with E-state index in [4.69, 9.17) is 12.2 Å². The third-order valence-electron chi connectivity index (χ3n) is 4.96. The SMILES string of the molecule is CCN(Cc1ccccc1)Cn1nc(C[C@H]2CCS(=O)(=O)C2)n(C)c1=S. The van der Waals surface area contributed by atoms with Crippen LogP contribution in [0.25, 0.3) is 0 Å². The predicted octanol–water partition coefficient (Wildman–Crippen LogP) is 2.41. The highest BCUT2D eigenvalue weighted by atomic mass is 32.2. The van der Waals surface area contributed by atoms with E-state index < -0.39 is 9.84 Å². The van der Waals surface area contributed by atoms with Crippen LogP contribution in [0.15, 0.2) is 30.3 Å². The third kappa shape index (κ3) is 4.61. The zero-order valence-electron chi connectivity index (χ0n) is 15.3. The second-order valence-corrected chi connectivity index (χ2v) is 9.60. The topological polar surface area (TPSA) is 60.1 Å². The van der Waals surface area contributed by atoms with Crippen molar-refractivity contribution >= 4 is 22.1 Å². The molecular weight excluding hydrogens is 368 g/mol. The van der Waals surface area contributed by atoms with Gasteiger partial charge in [-0.3, -0.25) is 4.90 Å². The lowest BCUT2D eigenvalue weighted by molar-refractivity contribution is 0.207. The van der Waals surface area contributed by atoms with E-state index in [1.165, 1.54) is 5.56 Å². The van der Waals surface area contributed by atoms with Crippen LogP contribution < -0.4 is 0 Å². The molecule has 1 aliphatic heterocycles. The van der Waals surface area contributed by atoms with Gasteiger partial charge < -0.3 is 4.57 Å². The van der Waals surface area contributed by atoms with Gasteiger partial charge in [0.1, 0.15) is 5.82 Å². The average molecular weight is 395 g/mol. The van der Waals surface area contributed by atoms with Crippen molar-refractivity contribution in [3.8, 4) is 0 Å². The molecule has 2 aromatic rings. The van der Waals surface area contributed by atoms with E-state index in [9.17, 15) is 8.42 Å². The van der Waals surface area contributed by atoms with Gasteiger partial charge >= 0.3 is 0 Å². The summed E-state index contributed by atoms with van der Waals surface area (Å²) in [5.74, 6) is 1.58. The molecule has 1 aromatic carbocycles. The molecule has 0 spiro atoms. The van der Waals surface area contributed by atoms with Gasteiger partial charge in [-0.15, -0.1) is 0 Å². The Morgan fingerprint density at radius 2 is 2.04 bits per heavy atom. The molecule has 1 saturated heterocycles. The molecule has 0 N–H and O–H groups in total. The minimum Gasteiger partial charge on any atom is -0.307 e. The van der Waals surface area contributed by atoms with Crippen LogP contribution in [0.3, 0.4) is 0 Å². The van der Waals surface area contributed by atoms with Gasteiger partial charge in [0.25, 0.3) is 0 Å². The zero-order valence-corrected chi connectivity index (χ0v) is 17.0. The first-order valence-corrected chi connectivity index (χ1v) is 11.2. The molecule has 0 amide bonds. The largest absolute Gasteiger partial charge is 0.307 e. The normalized spacial score (nSPS) is 19.3. The Bertz CT molecular complexity index is 903. The summed E-state index contributed by atoms with van der Waals surface area (Å²) in [6, 6.07) is 10.3. The lowest BCUT2D eigenvalue weighted by Gasteiger charge is -2.20. The Morgan fingerprint density at radius 3 is 2.65 bits per heavy atom. The summed E-state index contributed by atoms with van der Waals surface area (Å²) >= 11 is 5.55. The van der Waals surface area contributed by atoms with E-state index in [1.807, 2.05) is 34.5 Å². The van der Waals surface area contributed by atoms with Crippen molar-refractivity contribution in [3.05, 3.63) is 46.5 Å². The molecule has 8 heteroatoms. The predicted molar refractivity (Wildman–Crippen MR) is 105 cm³/mol. The van der Waals surface area contributed by atoms with Crippen molar-refractivity contribution in [3.63, 3.8) is 0 Å². The van der Waals surface area contributed by atoms with Crippen LogP contribution in [-0.4, -0.2) is 45.7 Å². The van der Waals surface area contributed by atoms with Crippen molar-refractivity contribution in [1.82, 2.24) is 19.2 Å². The van der Waals surface area contributed by atoms with Gasteiger partial charge in [-0.05, 0) is 36.7 Å². The van der Waals surface area contributed by atoms with Crippen LogP contribution in [0.5, 0.6) is 0 Å². The summed E-state index contributed by atoms with van der Waals surface area (Å²) in [5.41, 5.74) is 1.26. The molecule has 0 aliphatic carbocycles. The Labute approximate surface area is 160 Å². The van der Waals surface area contributed by atoms with Crippen LogP contribution in [0, 0.1) is 10.7 Å². The zero-order chi connectivity index (χ0) is 18.7. The van der Waals surface area contributed by atoms with E-state index in [1.54, 1.807) is 0 Å². The maximum atomic E-state index is 11.7. The highest BCUT2D eigenvalue weighted by Gasteiger charge is 2.29. The number of hydrogen-bond acceptors (Lipinski definition) is 5.